The van der Waals surface area contributed by atoms with E-state index < -0.39 is 10.0 Å². The van der Waals surface area contributed by atoms with E-state index in [0.29, 0.717) is 19.5 Å². The molecule has 1 heterocycles. The normalized spacial score (nSPS) is 20.0. The van der Waals surface area contributed by atoms with E-state index in [1.54, 1.807) is 7.05 Å². The molecule has 0 bridgehead atoms. The minimum atomic E-state index is -3.32. The molecular formula is C23H31N3O3S. The lowest BCUT2D eigenvalue weighted by atomic mass is 9.88. The molecule has 0 aromatic heterocycles. The monoisotopic (exact) mass is 429 g/mol. The average molecular weight is 430 g/mol. The number of rotatable bonds is 9. The summed E-state index contributed by atoms with van der Waals surface area (Å²) in [7, 11) is 0.298. The van der Waals surface area contributed by atoms with E-state index in [9.17, 15) is 13.2 Å². The first-order valence-corrected chi connectivity index (χ1v) is 11.9. The Morgan fingerprint density at radius 3 is 2.37 bits per heavy atom. The Hall–Kier alpha value is -2.22. The zero-order chi connectivity index (χ0) is 21.7. The highest BCUT2D eigenvalue weighted by molar-refractivity contribution is 7.89. The molecule has 2 atom stereocenters. The number of nitrogens with zero attached hydrogens (tertiary/aromatic N) is 2. The van der Waals surface area contributed by atoms with Crippen LogP contribution >= 0.6 is 0 Å². The van der Waals surface area contributed by atoms with E-state index in [1.165, 1.54) is 4.31 Å². The van der Waals surface area contributed by atoms with Crippen molar-refractivity contribution < 1.29 is 13.2 Å². The minimum Gasteiger partial charge on any atom is -0.369 e. The third kappa shape index (κ3) is 5.68. The summed E-state index contributed by atoms with van der Waals surface area (Å²) in [6.07, 6.45) is 1.35. The zero-order valence-electron chi connectivity index (χ0n) is 17.7. The highest BCUT2D eigenvalue weighted by atomic mass is 32.2. The quantitative estimate of drug-likeness (QED) is 0.662. The van der Waals surface area contributed by atoms with Crippen molar-refractivity contribution >= 4 is 15.9 Å². The second kappa shape index (κ2) is 9.73. The number of benzene rings is 2. The number of hydrogen-bond donors (Lipinski definition) is 1. The van der Waals surface area contributed by atoms with Crippen LogP contribution in [0.25, 0.3) is 0 Å². The maximum Gasteiger partial charge on any atom is 0.222 e. The van der Waals surface area contributed by atoms with Crippen LogP contribution < -0.4 is 5.73 Å². The SMILES string of the molecule is CN1C[C@H](C(N)=O)[C@@H](c2ccc(CN(C)S(=O)(=O)CCCc3ccccc3)cc2)C1. The third-order valence-electron chi connectivity index (χ3n) is 5.87. The van der Waals surface area contributed by atoms with Crippen molar-refractivity contribution in [3.05, 3.63) is 71.3 Å². The molecule has 0 saturated carbocycles. The molecule has 0 spiro atoms. The van der Waals surface area contributed by atoms with Gasteiger partial charge in [0.1, 0.15) is 0 Å². The molecule has 2 aromatic carbocycles. The molecule has 1 fully saturated rings. The van der Waals surface area contributed by atoms with Crippen molar-refractivity contribution in [2.45, 2.75) is 25.3 Å². The van der Waals surface area contributed by atoms with Gasteiger partial charge >= 0.3 is 0 Å². The number of primary amides is 1. The summed E-state index contributed by atoms with van der Waals surface area (Å²) >= 11 is 0. The van der Waals surface area contributed by atoms with Gasteiger partial charge in [-0.25, -0.2) is 12.7 Å². The van der Waals surface area contributed by atoms with Crippen LogP contribution in [0.1, 0.15) is 29.0 Å². The van der Waals surface area contributed by atoms with Crippen molar-refractivity contribution in [1.82, 2.24) is 9.21 Å². The van der Waals surface area contributed by atoms with E-state index >= 15 is 0 Å². The zero-order valence-corrected chi connectivity index (χ0v) is 18.5. The van der Waals surface area contributed by atoms with Crippen LogP contribution in [0.15, 0.2) is 54.6 Å². The second-order valence-electron chi connectivity index (χ2n) is 8.24. The predicted molar refractivity (Wildman–Crippen MR) is 119 cm³/mol. The van der Waals surface area contributed by atoms with E-state index in [4.69, 9.17) is 5.73 Å². The van der Waals surface area contributed by atoms with Crippen molar-refractivity contribution in [2.75, 3.05) is 32.9 Å². The fraction of sp³-hybridized carbons (Fsp3) is 0.435. The van der Waals surface area contributed by atoms with Gasteiger partial charge in [-0.3, -0.25) is 4.79 Å². The molecule has 162 valence electrons. The molecule has 1 saturated heterocycles. The largest absolute Gasteiger partial charge is 0.369 e. The van der Waals surface area contributed by atoms with Crippen molar-refractivity contribution in [3.63, 3.8) is 0 Å². The third-order valence-corrected chi connectivity index (χ3v) is 7.75. The van der Waals surface area contributed by atoms with E-state index in [1.807, 2.05) is 61.6 Å². The van der Waals surface area contributed by atoms with Crippen LogP contribution in [-0.4, -0.2) is 56.5 Å². The van der Waals surface area contributed by atoms with Gasteiger partial charge in [0.15, 0.2) is 0 Å². The van der Waals surface area contributed by atoms with E-state index in [2.05, 4.69) is 4.90 Å². The maximum absolute atomic E-state index is 12.6. The molecule has 3 rings (SSSR count). The summed E-state index contributed by atoms with van der Waals surface area (Å²) in [4.78, 5) is 13.9. The molecule has 0 aliphatic carbocycles. The number of carbonyl (C=O) groups is 1. The first kappa shape index (κ1) is 22.5. The fourth-order valence-electron chi connectivity index (χ4n) is 4.11. The molecule has 1 amide bonds. The van der Waals surface area contributed by atoms with Crippen LogP contribution in [0.5, 0.6) is 0 Å². The Morgan fingerprint density at radius 2 is 1.73 bits per heavy atom. The highest BCUT2D eigenvalue weighted by Gasteiger charge is 2.35. The smallest absolute Gasteiger partial charge is 0.222 e. The van der Waals surface area contributed by atoms with Gasteiger partial charge in [-0.05, 0) is 36.6 Å². The van der Waals surface area contributed by atoms with Gasteiger partial charge < -0.3 is 10.6 Å². The summed E-state index contributed by atoms with van der Waals surface area (Å²) < 4.78 is 26.7. The van der Waals surface area contributed by atoms with Gasteiger partial charge in [-0.2, -0.15) is 0 Å². The Balaban J connectivity index is 1.57. The molecule has 0 radical (unpaired) electrons. The van der Waals surface area contributed by atoms with Gasteiger partial charge in [0, 0.05) is 32.6 Å². The second-order valence-corrected chi connectivity index (χ2v) is 10.4. The standard InChI is InChI=1S/C23H31N3O3S/c1-25-16-21(22(17-25)23(24)27)20-12-10-19(11-13-20)15-26(2)30(28,29)14-6-9-18-7-4-3-5-8-18/h3-5,7-8,10-13,21-22H,6,9,14-17H2,1-2H3,(H2,24,27)/t21-,22+/m1/s1. The van der Waals surface area contributed by atoms with Crippen LogP contribution in [-0.2, 0) is 27.8 Å². The molecule has 30 heavy (non-hydrogen) atoms. The summed E-state index contributed by atoms with van der Waals surface area (Å²) in [6.45, 7) is 1.80. The molecule has 1 aliphatic heterocycles. The Labute approximate surface area is 179 Å². The number of aryl methyl sites for hydroxylation is 1. The number of hydrogen-bond acceptors (Lipinski definition) is 4. The Bertz CT molecular complexity index is 945. The molecule has 2 aromatic rings. The summed E-state index contributed by atoms with van der Waals surface area (Å²) in [5, 5.41) is 0. The molecule has 6 nitrogen and oxygen atoms in total. The fourth-order valence-corrected chi connectivity index (χ4v) is 5.28. The van der Waals surface area contributed by atoms with E-state index in [0.717, 1.165) is 29.7 Å². The lowest BCUT2D eigenvalue weighted by Gasteiger charge is -2.19. The molecule has 1 aliphatic rings. The number of sulfonamides is 1. The summed E-state index contributed by atoms with van der Waals surface area (Å²) in [5.41, 5.74) is 8.72. The highest BCUT2D eigenvalue weighted by Crippen LogP contribution is 2.32. The molecular weight excluding hydrogens is 398 g/mol. The van der Waals surface area contributed by atoms with Crippen LogP contribution in [0, 0.1) is 5.92 Å². The summed E-state index contributed by atoms with van der Waals surface area (Å²) in [5.74, 6) is -0.241. The average Bonchev–Trinajstić information content (AvgIpc) is 3.11. The van der Waals surface area contributed by atoms with E-state index in [-0.39, 0.29) is 23.5 Å². The topological polar surface area (TPSA) is 83.7 Å². The molecule has 0 unspecified atom stereocenters. The van der Waals surface area contributed by atoms with Crippen molar-refractivity contribution in [1.29, 1.82) is 0 Å². The first-order valence-electron chi connectivity index (χ1n) is 10.3. The lowest BCUT2D eigenvalue weighted by molar-refractivity contribution is -0.121. The van der Waals surface area contributed by atoms with Crippen LogP contribution in [0.4, 0.5) is 0 Å². The number of carbonyl (C=O) groups excluding carboxylic acids is 1. The minimum absolute atomic E-state index is 0.0843. The predicted octanol–water partition coefficient (Wildman–Crippen LogP) is 2.21. The molecule has 2 N–H and O–H groups in total. The molecule has 7 heteroatoms. The number of likely N-dealkylation sites (tertiary alicyclic amines) is 1. The number of nitrogens with two attached hydrogens (primary N) is 1. The lowest BCUT2D eigenvalue weighted by Crippen LogP contribution is -2.29. The van der Waals surface area contributed by atoms with Gasteiger partial charge in [0.05, 0.1) is 11.7 Å². The van der Waals surface area contributed by atoms with Crippen molar-refractivity contribution in [2.24, 2.45) is 11.7 Å². The number of amides is 1. The summed E-state index contributed by atoms with van der Waals surface area (Å²) in [6, 6.07) is 17.8. The van der Waals surface area contributed by atoms with Gasteiger partial charge in [-0.1, -0.05) is 54.6 Å². The number of likely N-dealkylation sites (N-methyl/N-ethyl adjacent to an activating group) is 1. The Kier molecular flexibility index (Phi) is 7.28. The van der Waals surface area contributed by atoms with Crippen molar-refractivity contribution in [3.8, 4) is 0 Å². The first-order chi connectivity index (χ1) is 14.3. The van der Waals surface area contributed by atoms with Crippen LogP contribution in [0.3, 0.4) is 0 Å². The Morgan fingerprint density at radius 1 is 1.07 bits per heavy atom. The van der Waals surface area contributed by atoms with Gasteiger partial charge in [0.2, 0.25) is 15.9 Å². The van der Waals surface area contributed by atoms with Gasteiger partial charge in [-0.15, -0.1) is 0 Å². The van der Waals surface area contributed by atoms with Gasteiger partial charge in [0.25, 0.3) is 0 Å². The maximum atomic E-state index is 12.6. The van der Waals surface area contributed by atoms with Crippen LogP contribution in [0.2, 0.25) is 0 Å².